The van der Waals surface area contributed by atoms with E-state index in [1.807, 2.05) is 31.6 Å². The molecule has 2 saturated heterocycles. The fourth-order valence-electron chi connectivity index (χ4n) is 9.29. The fraction of sp³-hybridized carbons (Fsp3) is 0.875. The topological polar surface area (TPSA) is 170 Å². The standard InChI is InChI=1S/C40H65NO13S2/c1-7-28(56-55-6)10-8-9-11-33(42)50-23-22-49-21-20-48-19-18-47-17-16-46-15-14-41-36(44)53-35-38(5)39(45,24-32-40(35,54-32)27(2)3)37(4)13-12-29-30(25-51-34(29)43)31(37)26-52-38/h27-28,31-32,35,45H,7-26H2,1-6H3,(H,41,44)/t28?,31-,32-,35-,37-,38+,39+,40-/m0/s1. The minimum atomic E-state index is -1.39. The van der Waals surface area contributed by atoms with E-state index in [9.17, 15) is 19.5 Å². The molecule has 2 aliphatic carbocycles. The van der Waals surface area contributed by atoms with E-state index in [-0.39, 0.29) is 62.9 Å². The maximum Gasteiger partial charge on any atom is 0.407 e. The second-order valence-electron chi connectivity index (χ2n) is 16.1. The lowest BCUT2D eigenvalue weighted by Gasteiger charge is -2.65. The minimum Gasteiger partial charge on any atom is -0.463 e. The predicted octanol–water partition coefficient (Wildman–Crippen LogP) is 5.03. The summed E-state index contributed by atoms with van der Waals surface area (Å²) in [6.45, 7) is 14.1. The summed E-state index contributed by atoms with van der Waals surface area (Å²) in [6.07, 6.45) is 6.37. The van der Waals surface area contributed by atoms with E-state index in [2.05, 4.69) is 25.4 Å². The molecule has 1 unspecified atom stereocenters. The minimum absolute atomic E-state index is 0.0000368. The molecule has 0 bridgehead atoms. The van der Waals surface area contributed by atoms with Gasteiger partial charge in [-0.25, -0.2) is 9.59 Å². The van der Waals surface area contributed by atoms with Crippen molar-refractivity contribution in [1.82, 2.24) is 5.32 Å². The van der Waals surface area contributed by atoms with Crippen molar-refractivity contribution in [2.24, 2.45) is 17.3 Å². The number of unbranched alkanes of at least 4 members (excludes halogenated alkanes) is 1. The zero-order valence-electron chi connectivity index (χ0n) is 34.2. The van der Waals surface area contributed by atoms with Crippen LogP contribution in [0.25, 0.3) is 0 Å². The van der Waals surface area contributed by atoms with Crippen molar-refractivity contribution in [2.45, 2.75) is 120 Å². The van der Waals surface area contributed by atoms with Gasteiger partial charge in [-0.15, -0.1) is 0 Å². The zero-order chi connectivity index (χ0) is 40.4. The number of cyclic esters (lactones) is 1. The van der Waals surface area contributed by atoms with E-state index in [1.54, 1.807) is 10.8 Å². The highest BCUT2D eigenvalue weighted by atomic mass is 33.1. The summed E-state index contributed by atoms with van der Waals surface area (Å²) < 4.78 is 51.9. The molecule has 0 aromatic rings. The van der Waals surface area contributed by atoms with E-state index in [0.717, 1.165) is 31.3 Å². The van der Waals surface area contributed by atoms with E-state index in [4.69, 9.17) is 42.6 Å². The molecular formula is C40H65NO13S2. The molecule has 0 radical (unpaired) electrons. The first kappa shape index (κ1) is 45.5. The predicted molar refractivity (Wildman–Crippen MR) is 211 cm³/mol. The summed E-state index contributed by atoms with van der Waals surface area (Å²) in [6, 6.07) is 0. The summed E-state index contributed by atoms with van der Waals surface area (Å²) in [5.74, 6) is -0.637. The third-order valence-electron chi connectivity index (χ3n) is 12.7. The number of amides is 1. The van der Waals surface area contributed by atoms with Crippen LogP contribution in [-0.2, 0) is 52.2 Å². The van der Waals surface area contributed by atoms with Crippen molar-refractivity contribution in [3.8, 4) is 0 Å². The Balaban J connectivity index is 0.907. The lowest BCUT2D eigenvalue weighted by Crippen LogP contribution is -2.79. The van der Waals surface area contributed by atoms with Gasteiger partial charge in [0.2, 0.25) is 0 Å². The third kappa shape index (κ3) is 9.86. The van der Waals surface area contributed by atoms with Crippen LogP contribution < -0.4 is 5.32 Å². The maximum absolute atomic E-state index is 13.2. The van der Waals surface area contributed by atoms with Crippen molar-refractivity contribution >= 4 is 39.6 Å². The third-order valence-corrected chi connectivity index (χ3v) is 15.1. The number of rotatable bonds is 25. The van der Waals surface area contributed by atoms with Gasteiger partial charge in [0, 0.05) is 41.5 Å². The monoisotopic (exact) mass is 831 g/mol. The van der Waals surface area contributed by atoms with Gasteiger partial charge in [0.25, 0.3) is 0 Å². The van der Waals surface area contributed by atoms with Crippen LogP contribution in [0.1, 0.15) is 86.0 Å². The first-order valence-electron chi connectivity index (χ1n) is 20.4. The molecule has 3 fully saturated rings. The summed E-state index contributed by atoms with van der Waals surface area (Å²) in [5.41, 5.74) is -2.43. The number of nitrogens with one attached hydrogen (secondary N) is 1. The molecule has 0 aromatic carbocycles. The summed E-state index contributed by atoms with van der Waals surface area (Å²) in [4.78, 5) is 37.5. The highest BCUT2D eigenvalue weighted by molar-refractivity contribution is 8.76. The normalized spacial score (nSPS) is 32.2. The molecule has 320 valence electrons. The first-order valence-corrected chi connectivity index (χ1v) is 23.0. The van der Waals surface area contributed by atoms with Crippen molar-refractivity contribution < 1.29 is 62.1 Å². The summed E-state index contributed by atoms with van der Waals surface area (Å²) >= 11 is 0. The van der Waals surface area contributed by atoms with E-state index < -0.39 is 34.4 Å². The van der Waals surface area contributed by atoms with Gasteiger partial charge in [0.1, 0.15) is 30.0 Å². The Morgan fingerprint density at radius 3 is 2.29 bits per heavy atom. The number of fused-ring (bicyclic) bond motifs is 5. The Kier molecular flexibility index (Phi) is 16.7. The van der Waals surface area contributed by atoms with Crippen molar-refractivity contribution in [3.63, 3.8) is 0 Å². The van der Waals surface area contributed by atoms with Gasteiger partial charge in [-0.1, -0.05) is 55.7 Å². The fourth-order valence-corrected chi connectivity index (χ4v) is 11.5. The van der Waals surface area contributed by atoms with Crippen molar-refractivity contribution in [1.29, 1.82) is 0 Å². The first-order chi connectivity index (χ1) is 26.9. The number of hydrogen-bond donors (Lipinski definition) is 2. The smallest absolute Gasteiger partial charge is 0.407 e. The molecule has 5 aliphatic rings. The van der Waals surface area contributed by atoms with E-state index in [0.29, 0.717) is 82.8 Å². The van der Waals surface area contributed by atoms with Gasteiger partial charge in [-0.2, -0.15) is 0 Å². The van der Waals surface area contributed by atoms with Crippen LogP contribution in [0.4, 0.5) is 4.79 Å². The molecule has 1 saturated carbocycles. The van der Waals surface area contributed by atoms with Crippen LogP contribution in [0.5, 0.6) is 0 Å². The maximum atomic E-state index is 13.2. The number of carbonyl (C=O) groups is 3. The molecule has 16 heteroatoms. The number of ether oxygens (including phenoxy) is 9. The molecule has 0 spiro atoms. The Morgan fingerprint density at radius 2 is 1.64 bits per heavy atom. The molecule has 8 atom stereocenters. The number of esters is 2. The van der Waals surface area contributed by atoms with Crippen molar-refractivity contribution in [3.05, 3.63) is 11.1 Å². The molecule has 14 nitrogen and oxygen atoms in total. The second-order valence-corrected chi connectivity index (χ2v) is 18.8. The zero-order valence-corrected chi connectivity index (χ0v) is 35.8. The molecule has 56 heavy (non-hydrogen) atoms. The largest absolute Gasteiger partial charge is 0.463 e. The van der Waals surface area contributed by atoms with Crippen LogP contribution in [-0.4, -0.2) is 143 Å². The van der Waals surface area contributed by atoms with Gasteiger partial charge >= 0.3 is 18.0 Å². The molecule has 5 rings (SSSR count). The van der Waals surface area contributed by atoms with E-state index >= 15 is 0 Å². The Labute approximate surface area is 340 Å². The quantitative estimate of drug-likeness (QED) is 0.0413. The van der Waals surface area contributed by atoms with E-state index in [1.165, 1.54) is 0 Å². The SMILES string of the molecule is CCC(CCCCC(=O)OCCOCCOCCOCCOCCNC(=O)O[C@@H]1[C@@]2(C(C)C)O[C@H]2C[C@@]2(O)[C@@]3(C)CCC4=C(COC4=O)[C@@H]3CO[C@]12C)SSC. The lowest BCUT2D eigenvalue weighted by atomic mass is 9.47. The Morgan fingerprint density at radius 1 is 0.982 bits per heavy atom. The van der Waals surface area contributed by atoms with Gasteiger partial charge in [0.15, 0.2) is 6.10 Å². The van der Waals surface area contributed by atoms with Crippen molar-refractivity contribution in [2.75, 3.05) is 85.5 Å². The van der Waals surface area contributed by atoms with Crippen LogP contribution >= 0.6 is 21.6 Å². The molecule has 2 N–H and O–H groups in total. The number of epoxide rings is 1. The van der Waals surface area contributed by atoms with Gasteiger partial charge in [-0.3, -0.25) is 4.79 Å². The summed E-state index contributed by atoms with van der Waals surface area (Å²) in [5, 5.41) is 16.2. The van der Waals surface area contributed by atoms with Gasteiger partial charge in [-0.05, 0) is 56.8 Å². The van der Waals surface area contributed by atoms with Crippen LogP contribution in [0.15, 0.2) is 11.1 Å². The number of alkyl carbamates (subject to hydrolysis) is 1. The summed E-state index contributed by atoms with van der Waals surface area (Å²) in [7, 11) is 3.71. The number of carbonyl (C=O) groups excluding carboxylic acids is 3. The van der Waals surface area contributed by atoms with Gasteiger partial charge < -0.3 is 53.1 Å². The molecular weight excluding hydrogens is 767 g/mol. The van der Waals surface area contributed by atoms with Gasteiger partial charge in [0.05, 0.1) is 65.6 Å². The average molecular weight is 832 g/mol. The number of hydrogen-bond acceptors (Lipinski definition) is 15. The van der Waals surface area contributed by atoms with Crippen LogP contribution in [0.3, 0.4) is 0 Å². The van der Waals surface area contributed by atoms with Crippen LogP contribution in [0, 0.1) is 17.3 Å². The lowest BCUT2D eigenvalue weighted by molar-refractivity contribution is -0.327. The highest BCUT2D eigenvalue weighted by Gasteiger charge is 2.83. The Bertz CT molecular complexity index is 1370. The second kappa shape index (κ2) is 20.6. The highest BCUT2D eigenvalue weighted by Crippen LogP contribution is 2.69. The average Bonchev–Trinajstić information content (AvgIpc) is 3.78. The molecule has 3 aliphatic heterocycles. The molecule has 0 aromatic heterocycles. The molecule has 1 amide bonds. The molecule has 3 heterocycles. The Hall–Kier alpha value is -1.63. The van der Waals surface area contributed by atoms with Crippen LogP contribution in [0.2, 0.25) is 0 Å². The number of aliphatic hydroxyl groups is 1.